The molecule has 1 atom stereocenters. The van der Waals surface area contributed by atoms with Gasteiger partial charge in [-0.3, -0.25) is 9.59 Å². The summed E-state index contributed by atoms with van der Waals surface area (Å²) in [6.45, 7) is 7.26. The highest BCUT2D eigenvalue weighted by molar-refractivity contribution is 5.83. The quantitative estimate of drug-likeness (QED) is 0.656. The van der Waals surface area contributed by atoms with Gasteiger partial charge in [-0.2, -0.15) is 0 Å². The molecule has 1 rings (SSSR count). The smallest absolute Gasteiger partial charge is 0.220 e. The van der Waals surface area contributed by atoms with Crippen molar-refractivity contribution in [3.63, 3.8) is 0 Å². The van der Waals surface area contributed by atoms with Crippen molar-refractivity contribution in [2.45, 2.75) is 65.8 Å². The van der Waals surface area contributed by atoms with Gasteiger partial charge < -0.3 is 15.1 Å². The van der Waals surface area contributed by atoms with E-state index in [1.165, 1.54) is 12.8 Å². The summed E-state index contributed by atoms with van der Waals surface area (Å²) in [4.78, 5) is 23.5. The maximum absolute atomic E-state index is 11.8. The standard InChI is InChI=1S/C18H30N2O3/c1-4-6-7-15(5-2)12-19-17(21)10-11-18(22)20-13-16-9-8-14(3)23-16/h8-9,15H,4-7,10-13H2,1-3H3,(H,19,21)(H,20,22)/t15-/m0/s1. The molecule has 2 N–H and O–H groups in total. The van der Waals surface area contributed by atoms with Gasteiger partial charge in [-0.15, -0.1) is 0 Å². The SMILES string of the molecule is CCCC[C@H](CC)CNC(=O)CCC(=O)NCc1ccc(C)o1. The number of hydrogen-bond acceptors (Lipinski definition) is 3. The predicted molar refractivity (Wildman–Crippen MR) is 90.8 cm³/mol. The van der Waals surface area contributed by atoms with Gasteiger partial charge in [0.25, 0.3) is 0 Å². The molecule has 5 nitrogen and oxygen atoms in total. The monoisotopic (exact) mass is 322 g/mol. The highest BCUT2D eigenvalue weighted by atomic mass is 16.3. The van der Waals surface area contributed by atoms with Crippen LogP contribution >= 0.6 is 0 Å². The molecular weight excluding hydrogens is 292 g/mol. The average Bonchev–Trinajstić information content (AvgIpc) is 2.96. The van der Waals surface area contributed by atoms with Crippen LogP contribution in [-0.2, 0) is 16.1 Å². The Balaban J connectivity index is 2.15. The molecule has 0 aliphatic rings. The Morgan fingerprint density at radius 2 is 1.83 bits per heavy atom. The van der Waals surface area contributed by atoms with Crippen molar-refractivity contribution < 1.29 is 14.0 Å². The summed E-state index contributed by atoms with van der Waals surface area (Å²) in [5.41, 5.74) is 0. The molecule has 0 saturated carbocycles. The molecule has 0 radical (unpaired) electrons. The van der Waals surface area contributed by atoms with Gasteiger partial charge in [0, 0.05) is 19.4 Å². The van der Waals surface area contributed by atoms with Gasteiger partial charge in [-0.05, 0) is 31.4 Å². The van der Waals surface area contributed by atoms with Gasteiger partial charge in [0.1, 0.15) is 11.5 Å². The second-order valence-corrected chi connectivity index (χ2v) is 6.01. The van der Waals surface area contributed by atoms with E-state index < -0.39 is 0 Å². The zero-order valence-corrected chi connectivity index (χ0v) is 14.6. The molecule has 0 aromatic carbocycles. The highest BCUT2D eigenvalue weighted by Gasteiger charge is 2.10. The maximum atomic E-state index is 11.8. The predicted octanol–water partition coefficient (Wildman–Crippen LogP) is 3.32. The Kier molecular flexibility index (Phi) is 9.10. The van der Waals surface area contributed by atoms with Crippen LogP contribution in [0.5, 0.6) is 0 Å². The molecule has 2 amide bonds. The first-order valence-corrected chi connectivity index (χ1v) is 8.63. The molecular formula is C18H30N2O3. The van der Waals surface area contributed by atoms with Gasteiger partial charge in [0.2, 0.25) is 11.8 Å². The normalized spacial score (nSPS) is 12.0. The van der Waals surface area contributed by atoms with E-state index in [4.69, 9.17) is 4.42 Å². The second kappa shape index (κ2) is 10.9. The molecule has 1 heterocycles. The number of unbranched alkanes of at least 4 members (excludes halogenated alkanes) is 1. The van der Waals surface area contributed by atoms with Crippen molar-refractivity contribution in [2.75, 3.05) is 6.54 Å². The number of amides is 2. The zero-order valence-electron chi connectivity index (χ0n) is 14.6. The van der Waals surface area contributed by atoms with Crippen molar-refractivity contribution in [1.29, 1.82) is 0 Å². The minimum Gasteiger partial charge on any atom is -0.465 e. The van der Waals surface area contributed by atoms with Crippen LogP contribution in [0.2, 0.25) is 0 Å². The third kappa shape index (κ3) is 8.43. The molecule has 0 saturated heterocycles. The molecule has 1 aromatic rings. The lowest BCUT2D eigenvalue weighted by molar-refractivity contribution is -0.126. The molecule has 5 heteroatoms. The minimum atomic E-state index is -0.132. The second-order valence-electron chi connectivity index (χ2n) is 6.01. The Morgan fingerprint density at radius 3 is 2.39 bits per heavy atom. The number of hydrogen-bond donors (Lipinski definition) is 2. The molecule has 0 spiro atoms. The molecule has 130 valence electrons. The van der Waals surface area contributed by atoms with Gasteiger partial charge >= 0.3 is 0 Å². The average molecular weight is 322 g/mol. The fraction of sp³-hybridized carbons (Fsp3) is 0.667. The van der Waals surface area contributed by atoms with Crippen LogP contribution in [0.15, 0.2) is 16.5 Å². The molecule has 0 bridgehead atoms. The van der Waals surface area contributed by atoms with Crippen molar-refractivity contribution >= 4 is 11.8 Å². The van der Waals surface area contributed by atoms with Crippen LogP contribution in [0.25, 0.3) is 0 Å². The number of aryl methyl sites for hydroxylation is 1. The van der Waals surface area contributed by atoms with Crippen LogP contribution in [-0.4, -0.2) is 18.4 Å². The van der Waals surface area contributed by atoms with Crippen molar-refractivity contribution in [2.24, 2.45) is 5.92 Å². The lowest BCUT2D eigenvalue weighted by atomic mass is 9.99. The summed E-state index contributed by atoms with van der Waals surface area (Å²) in [7, 11) is 0. The molecule has 0 aliphatic heterocycles. The van der Waals surface area contributed by atoms with Gasteiger partial charge in [0.05, 0.1) is 6.54 Å². The van der Waals surface area contributed by atoms with Crippen LogP contribution < -0.4 is 10.6 Å². The lowest BCUT2D eigenvalue weighted by Gasteiger charge is -2.15. The van der Waals surface area contributed by atoms with E-state index in [9.17, 15) is 9.59 Å². The van der Waals surface area contributed by atoms with Crippen molar-refractivity contribution in [3.8, 4) is 0 Å². The minimum absolute atomic E-state index is 0.0519. The fourth-order valence-electron chi connectivity index (χ4n) is 2.37. The Hall–Kier alpha value is -1.78. The van der Waals surface area contributed by atoms with Crippen LogP contribution in [0.3, 0.4) is 0 Å². The number of rotatable bonds is 11. The van der Waals surface area contributed by atoms with Crippen LogP contribution in [0.4, 0.5) is 0 Å². The lowest BCUT2D eigenvalue weighted by Crippen LogP contribution is -2.31. The molecule has 0 aliphatic carbocycles. The van der Waals surface area contributed by atoms with E-state index >= 15 is 0 Å². The summed E-state index contributed by atoms with van der Waals surface area (Å²) in [6.07, 6.45) is 5.03. The summed E-state index contributed by atoms with van der Waals surface area (Å²) in [5, 5.41) is 5.70. The summed E-state index contributed by atoms with van der Waals surface area (Å²) in [6, 6.07) is 3.70. The summed E-state index contributed by atoms with van der Waals surface area (Å²) in [5.74, 6) is 1.90. The first kappa shape index (κ1) is 19.3. The van der Waals surface area contributed by atoms with E-state index in [0.717, 1.165) is 24.4 Å². The third-order valence-corrected chi connectivity index (χ3v) is 3.97. The maximum Gasteiger partial charge on any atom is 0.220 e. The first-order valence-electron chi connectivity index (χ1n) is 8.63. The van der Waals surface area contributed by atoms with Gasteiger partial charge in [-0.1, -0.05) is 33.1 Å². The summed E-state index contributed by atoms with van der Waals surface area (Å²) < 4.78 is 5.37. The number of carbonyl (C=O) groups is 2. The summed E-state index contributed by atoms with van der Waals surface area (Å²) >= 11 is 0. The Labute approximate surface area is 139 Å². The zero-order chi connectivity index (χ0) is 17.1. The topological polar surface area (TPSA) is 71.3 Å². The van der Waals surface area contributed by atoms with E-state index in [1.807, 2.05) is 19.1 Å². The van der Waals surface area contributed by atoms with Crippen LogP contribution in [0, 0.1) is 12.8 Å². The Bertz CT molecular complexity index is 482. The molecule has 0 unspecified atom stereocenters. The van der Waals surface area contributed by atoms with Crippen LogP contribution in [0.1, 0.15) is 63.9 Å². The third-order valence-electron chi connectivity index (χ3n) is 3.97. The number of nitrogens with one attached hydrogen (secondary N) is 2. The highest BCUT2D eigenvalue weighted by Crippen LogP contribution is 2.11. The van der Waals surface area contributed by atoms with Crippen molar-refractivity contribution in [3.05, 3.63) is 23.7 Å². The van der Waals surface area contributed by atoms with E-state index in [-0.39, 0.29) is 24.7 Å². The van der Waals surface area contributed by atoms with Crippen molar-refractivity contribution in [1.82, 2.24) is 10.6 Å². The van der Waals surface area contributed by atoms with Gasteiger partial charge in [0.15, 0.2) is 0 Å². The Morgan fingerprint density at radius 1 is 1.13 bits per heavy atom. The number of furan rings is 1. The van der Waals surface area contributed by atoms with E-state index in [0.29, 0.717) is 19.0 Å². The molecule has 0 fully saturated rings. The molecule has 1 aromatic heterocycles. The fourth-order valence-corrected chi connectivity index (χ4v) is 2.37. The molecule has 23 heavy (non-hydrogen) atoms. The van der Waals surface area contributed by atoms with E-state index in [2.05, 4.69) is 24.5 Å². The van der Waals surface area contributed by atoms with Gasteiger partial charge in [-0.25, -0.2) is 0 Å². The largest absolute Gasteiger partial charge is 0.465 e. The van der Waals surface area contributed by atoms with E-state index in [1.54, 1.807) is 0 Å². The first-order chi connectivity index (χ1) is 11.0. The number of carbonyl (C=O) groups excluding carboxylic acids is 2.